The van der Waals surface area contributed by atoms with Gasteiger partial charge in [-0.05, 0) is 35.3 Å². The van der Waals surface area contributed by atoms with E-state index in [1.165, 1.54) is 0 Å². The minimum Gasteiger partial charge on any atom is -0.383 e. The molecule has 0 aromatic carbocycles. The van der Waals surface area contributed by atoms with Crippen LogP contribution >= 0.6 is 34.4 Å². The zero-order chi connectivity index (χ0) is 9.84. The van der Waals surface area contributed by atoms with E-state index in [4.69, 9.17) is 5.73 Å². The Morgan fingerprint density at radius 2 is 2.15 bits per heavy atom. The summed E-state index contributed by atoms with van der Waals surface area (Å²) in [7, 11) is 0. The first-order chi connectivity index (χ1) is 6.15. The van der Waals surface area contributed by atoms with E-state index in [1.54, 1.807) is 11.8 Å². The molecule has 5 heteroatoms. The molecule has 1 aromatic heterocycles. The highest BCUT2D eigenvalue weighted by molar-refractivity contribution is 14.1. The van der Waals surface area contributed by atoms with Gasteiger partial charge in [-0.15, -0.1) is 0 Å². The van der Waals surface area contributed by atoms with Crippen LogP contribution in [0.2, 0.25) is 0 Å². The number of hydrogen-bond acceptors (Lipinski definition) is 4. The van der Waals surface area contributed by atoms with Gasteiger partial charge in [0.05, 0.1) is 15.0 Å². The highest BCUT2D eigenvalue weighted by atomic mass is 127. The lowest BCUT2D eigenvalue weighted by atomic mass is 10.4. The van der Waals surface area contributed by atoms with Crippen LogP contribution in [0, 0.1) is 10.5 Å². The van der Waals surface area contributed by atoms with Crippen LogP contribution in [0.4, 0.5) is 5.82 Å². The average molecular weight is 309 g/mol. The summed E-state index contributed by atoms with van der Waals surface area (Å²) in [6, 6.07) is 0. The fourth-order valence-electron chi connectivity index (χ4n) is 0.899. The van der Waals surface area contributed by atoms with Crippen LogP contribution in [0.1, 0.15) is 18.4 Å². The third-order valence-electron chi connectivity index (χ3n) is 1.52. The first-order valence-electron chi connectivity index (χ1n) is 4.01. The molecule has 0 unspecified atom stereocenters. The highest BCUT2D eigenvalue weighted by Gasteiger charge is 2.05. The maximum Gasteiger partial charge on any atom is 0.140 e. The van der Waals surface area contributed by atoms with Gasteiger partial charge in [-0.25, -0.2) is 9.97 Å². The molecule has 72 valence electrons. The van der Waals surface area contributed by atoms with Gasteiger partial charge in [-0.1, -0.05) is 6.92 Å². The van der Waals surface area contributed by atoms with Crippen molar-refractivity contribution in [3.63, 3.8) is 0 Å². The molecule has 1 rings (SSSR count). The minimum atomic E-state index is 0.597. The Morgan fingerprint density at radius 1 is 1.46 bits per heavy atom. The SMILES string of the molecule is CCSCc1nc(C)c(I)c(N)n1. The van der Waals surface area contributed by atoms with E-state index in [0.29, 0.717) is 5.82 Å². The number of thioether (sulfide) groups is 1. The molecule has 0 saturated carbocycles. The summed E-state index contributed by atoms with van der Waals surface area (Å²) >= 11 is 3.97. The Hall–Kier alpha value is -0.0400. The lowest BCUT2D eigenvalue weighted by Gasteiger charge is -2.04. The molecule has 0 aliphatic rings. The first-order valence-corrected chi connectivity index (χ1v) is 6.24. The minimum absolute atomic E-state index is 0.597. The predicted molar refractivity (Wildman–Crippen MR) is 65.7 cm³/mol. The summed E-state index contributed by atoms with van der Waals surface area (Å²) in [4.78, 5) is 8.56. The summed E-state index contributed by atoms with van der Waals surface area (Å²) in [6.07, 6.45) is 0. The van der Waals surface area contributed by atoms with Crippen molar-refractivity contribution in [3.05, 3.63) is 15.1 Å². The van der Waals surface area contributed by atoms with Crippen molar-refractivity contribution in [2.75, 3.05) is 11.5 Å². The summed E-state index contributed by atoms with van der Waals surface area (Å²) in [5.41, 5.74) is 6.70. The first kappa shape index (κ1) is 11.0. The lowest BCUT2D eigenvalue weighted by Crippen LogP contribution is -2.04. The number of rotatable bonds is 3. The van der Waals surface area contributed by atoms with Crippen LogP contribution in [0.3, 0.4) is 0 Å². The summed E-state index contributed by atoms with van der Waals surface area (Å²) in [5, 5.41) is 0. The second-order valence-corrected chi connectivity index (χ2v) is 4.91. The van der Waals surface area contributed by atoms with E-state index in [0.717, 1.165) is 26.6 Å². The van der Waals surface area contributed by atoms with Crippen molar-refractivity contribution >= 4 is 40.2 Å². The zero-order valence-corrected chi connectivity index (χ0v) is 10.6. The molecule has 0 fully saturated rings. The van der Waals surface area contributed by atoms with E-state index in [1.807, 2.05) is 6.92 Å². The van der Waals surface area contributed by atoms with Gasteiger partial charge in [-0.2, -0.15) is 11.8 Å². The Balaban J connectivity index is 2.86. The van der Waals surface area contributed by atoms with Crippen molar-refractivity contribution in [3.8, 4) is 0 Å². The second-order valence-electron chi connectivity index (χ2n) is 2.56. The Bertz CT molecular complexity index is 280. The number of anilines is 1. The molecular formula is C8H12IN3S. The van der Waals surface area contributed by atoms with E-state index in [-0.39, 0.29) is 0 Å². The summed E-state index contributed by atoms with van der Waals surface area (Å²) < 4.78 is 0.961. The lowest BCUT2D eigenvalue weighted by molar-refractivity contribution is 0.991. The largest absolute Gasteiger partial charge is 0.383 e. The van der Waals surface area contributed by atoms with E-state index >= 15 is 0 Å². The molecule has 1 heterocycles. The predicted octanol–water partition coefficient (Wildman–Crippen LogP) is 2.22. The van der Waals surface area contributed by atoms with Gasteiger partial charge in [0.15, 0.2) is 0 Å². The van der Waals surface area contributed by atoms with Gasteiger partial charge in [0, 0.05) is 0 Å². The molecule has 1 aromatic rings. The summed E-state index contributed by atoms with van der Waals surface area (Å²) in [6.45, 7) is 4.08. The van der Waals surface area contributed by atoms with Crippen molar-refractivity contribution in [2.45, 2.75) is 19.6 Å². The van der Waals surface area contributed by atoms with Crippen molar-refractivity contribution in [2.24, 2.45) is 0 Å². The number of aryl methyl sites for hydroxylation is 1. The Morgan fingerprint density at radius 3 is 2.69 bits per heavy atom. The van der Waals surface area contributed by atoms with Crippen LogP contribution in [0.15, 0.2) is 0 Å². The molecule has 0 radical (unpaired) electrons. The summed E-state index contributed by atoms with van der Waals surface area (Å²) in [5.74, 6) is 3.36. The molecule has 0 amide bonds. The normalized spacial score (nSPS) is 10.4. The zero-order valence-electron chi connectivity index (χ0n) is 7.67. The fourth-order valence-corrected chi connectivity index (χ4v) is 1.66. The van der Waals surface area contributed by atoms with Gasteiger partial charge in [0.25, 0.3) is 0 Å². The Labute approximate surface area is 96.1 Å². The molecular weight excluding hydrogens is 297 g/mol. The fraction of sp³-hybridized carbons (Fsp3) is 0.500. The molecule has 0 atom stereocenters. The monoisotopic (exact) mass is 309 g/mol. The van der Waals surface area contributed by atoms with Crippen molar-refractivity contribution in [1.29, 1.82) is 0 Å². The maximum absolute atomic E-state index is 5.73. The maximum atomic E-state index is 5.73. The molecule has 0 bridgehead atoms. The number of aromatic nitrogens is 2. The topological polar surface area (TPSA) is 51.8 Å². The third-order valence-corrected chi connectivity index (χ3v) is 3.73. The standard InChI is InChI=1S/C8H12IN3S/c1-3-13-4-6-11-5(2)7(9)8(10)12-6/h3-4H2,1-2H3,(H2,10,11,12). The number of nitrogens with two attached hydrogens (primary N) is 1. The van der Waals surface area contributed by atoms with E-state index in [9.17, 15) is 0 Å². The molecule has 3 nitrogen and oxygen atoms in total. The quantitative estimate of drug-likeness (QED) is 0.870. The second kappa shape index (κ2) is 4.99. The van der Waals surface area contributed by atoms with Crippen LogP contribution < -0.4 is 5.73 Å². The molecule has 2 N–H and O–H groups in total. The molecule has 0 aliphatic carbocycles. The number of halogens is 1. The number of nitrogens with zero attached hydrogens (tertiary/aromatic N) is 2. The van der Waals surface area contributed by atoms with Gasteiger partial charge in [-0.3, -0.25) is 0 Å². The van der Waals surface area contributed by atoms with E-state index < -0.39 is 0 Å². The Kier molecular flexibility index (Phi) is 4.24. The smallest absolute Gasteiger partial charge is 0.140 e. The van der Waals surface area contributed by atoms with E-state index in [2.05, 4.69) is 39.5 Å². The molecule has 13 heavy (non-hydrogen) atoms. The van der Waals surface area contributed by atoms with Gasteiger partial charge in [0.1, 0.15) is 11.6 Å². The van der Waals surface area contributed by atoms with Crippen LogP contribution in [0.25, 0.3) is 0 Å². The van der Waals surface area contributed by atoms with Crippen molar-refractivity contribution in [1.82, 2.24) is 9.97 Å². The van der Waals surface area contributed by atoms with Crippen LogP contribution in [-0.4, -0.2) is 15.7 Å². The number of hydrogen-bond donors (Lipinski definition) is 1. The number of nitrogen functional groups attached to an aromatic ring is 1. The van der Waals surface area contributed by atoms with Gasteiger partial charge in [0.2, 0.25) is 0 Å². The molecule has 0 aliphatic heterocycles. The highest BCUT2D eigenvalue weighted by Crippen LogP contribution is 2.17. The van der Waals surface area contributed by atoms with Crippen molar-refractivity contribution < 1.29 is 0 Å². The third kappa shape index (κ3) is 2.98. The molecule has 0 saturated heterocycles. The van der Waals surface area contributed by atoms with Crippen LogP contribution in [-0.2, 0) is 5.75 Å². The van der Waals surface area contributed by atoms with Crippen LogP contribution in [0.5, 0.6) is 0 Å². The average Bonchev–Trinajstić information content (AvgIpc) is 2.10. The van der Waals surface area contributed by atoms with Gasteiger partial charge < -0.3 is 5.73 Å². The van der Waals surface area contributed by atoms with Gasteiger partial charge >= 0.3 is 0 Å². The molecule has 0 spiro atoms.